The first kappa shape index (κ1) is 14.4. The molecular weight excluding hydrogens is 285 g/mol. The van der Waals surface area contributed by atoms with Gasteiger partial charge < -0.3 is 10.1 Å². The van der Waals surface area contributed by atoms with Gasteiger partial charge in [-0.2, -0.15) is 0 Å². The largest absolute Gasteiger partial charge is 0.497 e. The van der Waals surface area contributed by atoms with Gasteiger partial charge in [0.15, 0.2) is 0 Å². The Balaban J connectivity index is 1.87. The molecule has 1 aromatic carbocycles. The molecule has 0 aliphatic heterocycles. The van der Waals surface area contributed by atoms with Crippen LogP contribution in [0.3, 0.4) is 0 Å². The lowest BCUT2D eigenvalue weighted by Gasteiger charge is -2.25. The minimum Gasteiger partial charge on any atom is -0.497 e. The molecule has 3 rings (SSSR count). The fourth-order valence-electron chi connectivity index (χ4n) is 3.09. The number of hydrogen-bond acceptors (Lipinski definition) is 3. The van der Waals surface area contributed by atoms with Gasteiger partial charge in [-0.05, 0) is 42.3 Å². The third-order valence-electron chi connectivity index (χ3n) is 4.21. The highest BCUT2D eigenvalue weighted by molar-refractivity contribution is 7.10. The van der Waals surface area contributed by atoms with Crippen LogP contribution < -0.4 is 10.1 Å². The molecule has 112 valence electrons. The van der Waals surface area contributed by atoms with E-state index in [1.807, 2.05) is 0 Å². The van der Waals surface area contributed by atoms with Gasteiger partial charge in [-0.3, -0.25) is 0 Å². The van der Waals surface area contributed by atoms with Gasteiger partial charge in [0, 0.05) is 10.9 Å². The summed E-state index contributed by atoms with van der Waals surface area (Å²) in [4.78, 5) is 1.28. The normalized spacial score (nSPS) is 16.9. The maximum absolute atomic E-state index is 14.1. The van der Waals surface area contributed by atoms with Crippen molar-refractivity contribution in [3.05, 3.63) is 46.4 Å². The van der Waals surface area contributed by atoms with E-state index in [1.165, 1.54) is 36.6 Å². The molecule has 1 saturated carbocycles. The summed E-state index contributed by atoms with van der Waals surface area (Å²) < 4.78 is 19.3. The molecule has 1 aliphatic rings. The fraction of sp³-hybridized carbons (Fsp3) is 0.412. The van der Waals surface area contributed by atoms with Crippen molar-refractivity contribution in [3.8, 4) is 5.75 Å². The first-order valence-corrected chi connectivity index (χ1v) is 8.29. The summed E-state index contributed by atoms with van der Waals surface area (Å²) in [6, 6.07) is 9.24. The number of halogens is 1. The minimum atomic E-state index is -0.227. The van der Waals surface area contributed by atoms with Crippen LogP contribution in [0.25, 0.3) is 0 Å². The van der Waals surface area contributed by atoms with Crippen molar-refractivity contribution >= 4 is 17.0 Å². The highest BCUT2D eigenvalue weighted by Gasteiger charge is 2.27. The van der Waals surface area contributed by atoms with Crippen LogP contribution in [0.2, 0.25) is 0 Å². The molecule has 1 aromatic heterocycles. The highest BCUT2D eigenvalue weighted by atomic mass is 32.1. The standard InChI is InChI=1S/C17H20FNOS/c1-20-13-8-9-14(18)15(11-13)19-17(12-5-2-3-6-12)16-7-4-10-21-16/h4,7-12,17,19H,2-3,5-6H2,1H3. The molecule has 1 unspecified atom stereocenters. The topological polar surface area (TPSA) is 21.3 Å². The second kappa shape index (κ2) is 6.48. The lowest BCUT2D eigenvalue weighted by molar-refractivity contribution is 0.413. The van der Waals surface area contributed by atoms with Gasteiger partial charge in [-0.25, -0.2) is 4.39 Å². The van der Waals surface area contributed by atoms with Crippen molar-refractivity contribution in [1.29, 1.82) is 0 Å². The zero-order chi connectivity index (χ0) is 14.7. The zero-order valence-corrected chi connectivity index (χ0v) is 13.0. The average molecular weight is 305 g/mol. The molecule has 2 aromatic rings. The molecule has 0 spiro atoms. The molecule has 21 heavy (non-hydrogen) atoms. The molecule has 0 radical (unpaired) electrons. The Morgan fingerprint density at radius 2 is 2.10 bits per heavy atom. The van der Waals surface area contributed by atoms with E-state index in [2.05, 4.69) is 22.8 Å². The van der Waals surface area contributed by atoms with Gasteiger partial charge in [-0.15, -0.1) is 11.3 Å². The van der Waals surface area contributed by atoms with Crippen molar-refractivity contribution < 1.29 is 9.13 Å². The average Bonchev–Trinajstić information content (AvgIpc) is 3.20. The van der Waals surface area contributed by atoms with Gasteiger partial charge in [0.2, 0.25) is 0 Å². The Morgan fingerprint density at radius 1 is 1.29 bits per heavy atom. The van der Waals surface area contributed by atoms with Crippen molar-refractivity contribution in [2.75, 3.05) is 12.4 Å². The van der Waals surface area contributed by atoms with Crippen LogP contribution in [0.4, 0.5) is 10.1 Å². The molecule has 1 heterocycles. The van der Waals surface area contributed by atoms with Gasteiger partial charge in [0.1, 0.15) is 11.6 Å². The second-order valence-corrected chi connectivity index (χ2v) is 6.51. The van der Waals surface area contributed by atoms with Crippen LogP contribution in [-0.4, -0.2) is 7.11 Å². The van der Waals surface area contributed by atoms with Crippen molar-refractivity contribution in [2.24, 2.45) is 5.92 Å². The molecule has 1 N–H and O–H groups in total. The van der Waals surface area contributed by atoms with Gasteiger partial charge >= 0.3 is 0 Å². The van der Waals surface area contributed by atoms with E-state index in [1.54, 1.807) is 30.6 Å². The molecule has 0 bridgehead atoms. The smallest absolute Gasteiger partial charge is 0.146 e. The van der Waals surface area contributed by atoms with Crippen molar-refractivity contribution in [3.63, 3.8) is 0 Å². The number of nitrogens with one attached hydrogen (secondary N) is 1. The first-order valence-electron chi connectivity index (χ1n) is 7.41. The monoisotopic (exact) mass is 305 g/mol. The zero-order valence-electron chi connectivity index (χ0n) is 12.1. The number of hydrogen-bond donors (Lipinski definition) is 1. The SMILES string of the molecule is COc1ccc(F)c(NC(c2cccs2)C2CCCC2)c1. The quantitative estimate of drug-likeness (QED) is 0.815. The predicted molar refractivity (Wildman–Crippen MR) is 85.6 cm³/mol. The Bertz CT molecular complexity index is 578. The van der Waals surface area contributed by atoms with E-state index < -0.39 is 0 Å². The molecule has 1 aliphatic carbocycles. The van der Waals surface area contributed by atoms with Gasteiger partial charge in [-0.1, -0.05) is 18.9 Å². The predicted octanol–water partition coefficient (Wildman–Crippen LogP) is 5.24. The van der Waals surface area contributed by atoms with E-state index in [9.17, 15) is 4.39 Å². The molecule has 0 saturated heterocycles. The van der Waals surface area contributed by atoms with Gasteiger partial charge in [0.05, 0.1) is 18.8 Å². The number of rotatable bonds is 5. The maximum atomic E-state index is 14.1. The highest BCUT2D eigenvalue weighted by Crippen LogP contribution is 2.40. The lowest BCUT2D eigenvalue weighted by Crippen LogP contribution is -2.18. The summed E-state index contributed by atoms with van der Waals surface area (Å²) in [5, 5.41) is 5.51. The van der Waals surface area contributed by atoms with Crippen LogP contribution in [-0.2, 0) is 0 Å². The summed E-state index contributed by atoms with van der Waals surface area (Å²) in [5.41, 5.74) is 0.527. The van der Waals surface area contributed by atoms with Crippen LogP contribution in [0.15, 0.2) is 35.7 Å². The van der Waals surface area contributed by atoms with Crippen molar-refractivity contribution in [1.82, 2.24) is 0 Å². The number of benzene rings is 1. The van der Waals surface area contributed by atoms with E-state index in [4.69, 9.17) is 4.74 Å². The summed E-state index contributed by atoms with van der Waals surface area (Å²) >= 11 is 1.74. The number of thiophene rings is 1. The molecule has 1 atom stereocenters. The summed E-state index contributed by atoms with van der Waals surface area (Å²) in [7, 11) is 1.60. The van der Waals surface area contributed by atoms with E-state index in [-0.39, 0.29) is 11.9 Å². The van der Waals surface area contributed by atoms with Crippen LogP contribution in [0.1, 0.15) is 36.6 Å². The van der Waals surface area contributed by atoms with Crippen molar-refractivity contribution in [2.45, 2.75) is 31.7 Å². The molecule has 2 nitrogen and oxygen atoms in total. The second-order valence-electron chi connectivity index (χ2n) is 5.53. The summed E-state index contributed by atoms with van der Waals surface area (Å²) in [6.45, 7) is 0. The van der Waals surface area contributed by atoms with E-state index >= 15 is 0 Å². The first-order chi connectivity index (χ1) is 10.3. The van der Waals surface area contributed by atoms with E-state index in [0.29, 0.717) is 17.4 Å². The Hall–Kier alpha value is -1.55. The summed E-state index contributed by atoms with van der Waals surface area (Å²) in [5.74, 6) is 1.03. The van der Waals surface area contributed by atoms with Crippen LogP contribution >= 0.6 is 11.3 Å². The number of anilines is 1. The fourth-order valence-corrected chi connectivity index (χ4v) is 3.96. The third-order valence-corrected chi connectivity index (χ3v) is 5.16. The van der Waals surface area contributed by atoms with E-state index in [0.717, 1.165) is 0 Å². The Labute approximate surface area is 129 Å². The maximum Gasteiger partial charge on any atom is 0.146 e. The number of ether oxygens (including phenoxy) is 1. The molecular formula is C17H20FNOS. The number of methoxy groups -OCH3 is 1. The summed E-state index contributed by atoms with van der Waals surface area (Å²) in [6.07, 6.45) is 4.96. The molecule has 0 amide bonds. The Kier molecular flexibility index (Phi) is 4.44. The molecule has 1 fully saturated rings. The Morgan fingerprint density at radius 3 is 2.76 bits per heavy atom. The lowest BCUT2D eigenvalue weighted by atomic mass is 9.96. The van der Waals surface area contributed by atoms with Crippen LogP contribution in [0, 0.1) is 11.7 Å². The minimum absolute atomic E-state index is 0.189. The third kappa shape index (κ3) is 3.21. The van der Waals surface area contributed by atoms with Gasteiger partial charge in [0.25, 0.3) is 0 Å². The molecule has 4 heteroatoms. The van der Waals surface area contributed by atoms with Crippen LogP contribution in [0.5, 0.6) is 5.75 Å².